The van der Waals surface area contributed by atoms with Crippen LogP contribution in [0.3, 0.4) is 0 Å². The summed E-state index contributed by atoms with van der Waals surface area (Å²) in [5.41, 5.74) is 1.30. The molecule has 0 radical (unpaired) electrons. The molecule has 3 rings (SSSR count). The molecule has 0 saturated carbocycles. The summed E-state index contributed by atoms with van der Waals surface area (Å²) >= 11 is 0. The van der Waals surface area contributed by atoms with E-state index in [9.17, 15) is 19.5 Å². The maximum atomic E-state index is 13.1. The van der Waals surface area contributed by atoms with E-state index in [2.05, 4.69) is 0 Å². The summed E-state index contributed by atoms with van der Waals surface area (Å²) in [5.74, 6) is 0.372. The fourth-order valence-corrected chi connectivity index (χ4v) is 3.31. The molecule has 0 atom stereocenters. The van der Waals surface area contributed by atoms with Crippen LogP contribution >= 0.6 is 0 Å². The quantitative estimate of drug-likeness (QED) is 0.682. The molecule has 1 aromatic rings. The fraction of sp³-hybridized carbons (Fsp3) is 0.261. The minimum Gasteiger partial charge on any atom is -0.507 e. The minimum absolute atomic E-state index is 0.000308. The highest BCUT2D eigenvalue weighted by atomic mass is 16.5. The van der Waals surface area contributed by atoms with Gasteiger partial charge in [0.05, 0.1) is 17.4 Å². The Kier molecular flexibility index (Phi) is 6.64. The summed E-state index contributed by atoms with van der Waals surface area (Å²) in [5, 5.41) is 10.2. The summed E-state index contributed by atoms with van der Waals surface area (Å²) in [6.45, 7) is 1.91. The molecule has 7 nitrogen and oxygen atoms in total. The van der Waals surface area contributed by atoms with Gasteiger partial charge in [0, 0.05) is 13.5 Å². The average Bonchev–Trinajstić information content (AvgIpc) is 3.00. The van der Waals surface area contributed by atoms with E-state index in [-0.39, 0.29) is 46.3 Å². The van der Waals surface area contributed by atoms with Crippen molar-refractivity contribution in [1.29, 1.82) is 0 Å². The van der Waals surface area contributed by atoms with Gasteiger partial charge in [-0.3, -0.25) is 9.59 Å². The van der Waals surface area contributed by atoms with E-state index in [1.807, 2.05) is 0 Å². The number of aliphatic hydroxyl groups is 1. The lowest BCUT2D eigenvalue weighted by molar-refractivity contribution is -0.107. The summed E-state index contributed by atoms with van der Waals surface area (Å²) in [6, 6.07) is 0. The predicted octanol–water partition coefficient (Wildman–Crippen LogP) is 1.68. The number of allylic oxidation sites excluding steroid dienone is 5. The number of ether oxygens (including phenoxy) is 2. The van der Waals surface area contributed by atoms with Crippen molar-refractivity contribution in [3.63, 3.8) is 0 Å². The number of hydrogen-bond donors (Lipinski definition) is 1. The molecule has 0 bridgehead atoms. The second kappa shape index (κ2) is 9.37. The first-order valence-corrected chi connectivity index (χ1v) is 9.42. The standard InChI is InChI=1S/C23H22O7/c1-14-22(21(27)18-4-3-5-20(26)19(12-25)23(18)29-14)30-17-8-6-15(10-11-24)16(7-9-17)13-28-2/h4-5,7-9,11-12,26H,3,6,10,13H2,1-2H3. The van der Waals surface area contributed by atoms with Crippen LogP contribution in [0.1, 0.15) is 25.0 Å². The number of aldehydes is 2. The molecule has 0 spiro atoms. The zero-order chi connectivity index (χ0) is 21.7. The van der Waals surface area contributed by atoms with E-state index in [0.29, 0.717) is 25.1 Å². The van der Waals surface area contributed by atoms with Crippen molar-refractivity contribution in [1.82, 2.24) is 0 Å². The van der Waals surface area contributed by atoms with Crippen molar-refractivity contribution in [2.24, 2.45) is 0 Å². The molecule has 0 aromatic carbocycles. The van der Waals surface area contributed by atoms with E-state index in [1.165, 1.54) is 6.08 Å². The molecule has 2 aliphatic carbocycles. The van der Waals surface area contributed by atoms with Crippen LogP contribution < -0.4 is 20.8 Å². The van der Waals surface area contributed by atoms with Crippen LogP contribution in [-0.4, -0.2) is 31.4 Å². The molecule has 156 valence electrons. The maximum Gasteiger partial charge on any atom is 0.235 e. The Hall–Kier alpha value is -3.45. The van der Waals surface area contributed by atoms with Crippen LogP contribution in [0.2, 0.25) is 0 Å². The molecular weight excluding hydrogens is 388 g/mol. The Morgan fingerprint density at radius 3 is 2.70 bits per heavy atom. The number of carbonyl (C=O) groups excluding carboxylic acids is 2. The zero-order valence-corrected chi connectivity index (χ0v) is 16.8. The lowest BCUT2D eigenvalue weighted by Gasteiger charge is -2.08. The highest BCUT2D eigenvalue weighted by Crippen LogP contribution is 2.22. The van der Waals surface area contributed by atoms with Gasteiger partial charge in [-0.25, -0.2) is 0 Å². The highest BCUT2D eigenvalue weighted by molar-refractivity contribution is 6.04. The molecule has 0 fully saturated rings. The van der Waals surface area contributed by atoms with Gasteiger partial charge in [-0.2, -0.15) is 0 Å². The molecule has 1 aromatic heterocycles. The molecular formula is C23H22O7. The largest absolute Gasteiger partial charge is 0.507 e. The average molecular weight is 410 g/mol. The first kappa shape index (κ1) is 21.3. The molecule has 1 heterocycles. The smallest absolute Gasteiger partial charge is 0.235 e. The minimum atomic E-state index is -0.437. The summed E-state index contributed by atoms with van der Waals surface area (Å²) in [6.07, 6.45) is 10.6. The van der Waals surface area contributed by atoms with Gasteiger partial charge in [0.15, 0.2) is 11.7 Å². The Labute approximate surface area is 172 Å². The van der Waals surface area contributed by atoms with Gasteiger partial charge in [0.25, 0.3) is 0 Å². The second-order valence-corrected chi connectivity index (χ2v) is 6.80. The van der Waals surface area contributed by atoms with Gasteiger partial charge in [0.2, 0.25) is 11.2 Å². The Bertz CT molecular complexity index is 1170. The predicted molar refractivity (Wildman–Crippen MR) is 110 cm³/mol. The van der Waals surface area contributed by atoms with Gasteiger partial charge in [-0.1, -0.05) is 17.7 Å². The van der Waals surface area contributed by atoms with E-state index < -0.39 is 5.43 Å². The van der Waals surface area contributed by atoms with Crippen molar-refractivity contribution in [2.45, 2.75) is 26.2 Å². The molecule has 0 saturated heterocycles. The van der Waals surface area contributed by atoms with Crippen LogP contribution in [0.4, 0.5) is 0 Å². The number of hydrogen-bond acceptors (Lipinski definition) is 7. The molecule has 2 aliphatic rings. The van der Waals surface area contributed by atoms with Crippen molar-refractivity contribution in [3.05, 3.63) is 73.6 Å². The number of methoxy groups -OCH3 is 1. The first-order chi connectivity index (χ1) is 14.5. The molecule has 1 N–H and O–H groups in total. The van der Waals surface area contributed by atoms with E-state index in [0.717, 1.165) is 17.4 Å². The highest BCUT2D eigenvalue weighted by Gasteiger charge is 2.18. The Morgan fingerprint density at radius 2 is 2.00 bits per heavy atom. The third kappa shape index (κ3) is 4.26. The zero-order valence-electron chi connectivity index (χ0n) is 16.8. The summed E-state index contributed by atoms with van der Waals surface area (Å²) < 4.78 is 16.8. The van der Waals surface area contributed by atoms with Crippen molar-refractivity contribution >= 4 is 24.2 Å². The van der Waals surface area contributed by atoms with Crippen molar-refractivity contribution in [2.75, 3.05) is 13.7 Å². The second-order valence-electron chi connectivity index (χ2n) is 6.80. The summed E-state index contributed by atoms with van der Waals surface area (Å²) in [4.78, 5) is 35.5. The number of aliphatic hydroxyl groups excluding tert-OH is 1. The van der Waals surface area contributed by atoms with Crippen LogP contribution in [0.5, 0.6) is 5.75 Å². The van der Waals surface area contributed by atoms with Crippen LogP contribution in [0, 0.1) is 6.92 Å². The van der Waals surface area contributed by atoms with Gasteiger partial charge in [-0.05, 0) is 43.6 Å². The molecule has 7 heteroatoms. The van der Waals surface area contributed by atoms with Crippen LogP contribution in [0.15, 0.2) is 56.2 Å². The topological polar surface area (TPSA) is 103 Å². The van der Waals surface area contributed by atoms with Gasteiger partial charge in [0.1, 0.15) is 23.6 Å². The van der Waals surface area contributed by atoms with Crippen molar-refractivity contribution < 1.29 is 28.6 Å². The summed E-state index contributed by atoms with van der Waals surface area (Å²) in [7, 11) is 1.58. The molecule has 0 unspecified atom stereocenters. The fourth-order valence-electron chi connectivity index (χ4n) is 3.31. The van der Waals surface area contributed by atoms with Gasteiger partial charge < -0.3 is 23.8 Å². The number of rotatable bonds is 7. The lowest BCUT2D eigenvalue weighted by Crippen LogP contribution is -2.41. The van der Waals surface area contributed by atoms with Gasteiger partial charge >= 0.3 is 0 Å². The molecule has 0 aliphatic heterocycles. The van der Waals surface area contributed by atoms with E-state index >= 15 is 0 Å². The van der Waals surface area contributed by atoms with Crippen molar-refractivity contribution in [3.8, 4) is 5.75 Å². The third-order valence-corrected chi connectivity index (χ3v) is 4.84. The van der Waals surface area contributed by atoms with Crippen LogP contribution in [-0.2, 0) is 14.3 Å². The van der Waals surface area contributed by atoms with Gasteiger partial charge in [-0.15, -0.1) is 0 Å². The monoisotopic (exact) mass is 410 g/mol. The SMILES string of the molecule is COCC1=C(CC=O)CC=C(Oc2c(C)oc3c(c2=O)=CCC=C(O)C=3C=O)C=C1. The maximum absolute atomic E-state index is 13.1. The lowest BCUT2D eigenvalue weighted by atomic mass is 10.0. The first-order valence-electron chi connectivity index (χ1n) is 9.42. The normalized spacial score (nSPS) is 16.0. The Balaban J connectivity index is 2.03. The third-order valence-electron chi connectivity index (χ3n) is 4.84. The molecule has 30 heavy (non-hydrogen) atoms. The van der Waals surface area contributed by atoms with E-state index in [4.69, 9.17) is 13.9 Å². The Morgan fingerprint density at radius 1 is 1.20 bits per heavy atom. The molecule has 0 amide bonds. The number of fused-ring (bicyclic) bond motifs is 1. The van der Waals surface area contributed by atoms with E-state index in [1.54, 1.807) is 38.3 Å². The van der Waals surface area contributed by atoms with Crippen LogP contribution in [0.25, 0.3) is 11.6 Å². The number of aryl methyl sites for hydroxylation is 1. The number of carbonyl (C=O) groups is 2.